The Morgan fingerprint density at radius 3 is 2.94 bits per heavy atom. The lowest BCUT2D eigenvalue weighted by Crippen LogP contribution is -2.09. The highest BCUT2D eigenvalue weighted by Gasteiger charge is 2.17. The topological polar surface area (TPSA) is 44.1 Å². The number of hydrogen-bond donors (Lipinski definition) is 0. The summed E-state index contributed by atoms with van der Waals surface area (Å²) >= 11 is 3.41. The van der Waals surface area contributed by atoms with Gasteiger partial charge in [-0.3, -0.25) is 4.79 Å². The fourth-order valence-corrected chi connectivity index (χ4v) is 2.02. The van der Waals surface area contributed by atoms with Crippen molar-refractivity contribution in [1.82, 2.24) is 9.78 Å². The molecule has 0 saturated carbocycles. The summed E-state index contributed by atoms with van der Waals surface area (Å²) in [5.41, 5.74) is 1.77. The number of methoxy groups -OCH3 is 1. The first kappa shape index (κ1) is 12.8. The van der Waals surface area contributed by atoms with E-state index in [2.05, 4.69) is 21.0 Å². The van der Waals surface area contributed by atoms with Crippen LogP contribution in [0.25, 0.3) is 5.69 Å². The van der Waals surface area contributed by atoms with Crippen LogP contribution in [0.15, 0.2) is 41.1 Å². The zero-order valence-corrected chi connectivity index (χ0v) is 11.7. The smallest absolute Gasteiger partial charge is 0.312 e. The van der Waals surface area contributed by atoms with Crippen molar-refractivity contribution in [2.45, 2.75) is 12.8 Å². The van der Waals surface area contributed by atoms with E-state index in [1.54, 1.807) is 17.8 Å². The van der Waals surface area contributed by atoms with Crippen LogP contribution in [-0.2, 0) is 9.53 Å². The minimum atomic E-state index is -0.309. The van der Waals surface area contributed by atoms with Gasteiger partial charge in [0.1, 0.15) is 0 Å². The molecule has 0 radical (unpaired) electrons. The Balaban J connectivity index is 2.28. The molecule has 4 nitrogen and oxygen atoms in total. The van der Waals surface area contributed by atoms with Crippen molar-refractivity contribution in [3.63, 3.8) is 0 Å². The Kier molecular flexibility index (Phi) is 3.81. The number of aromatic nitrogens is 2. The number of carbonyl (C=O) groups excluding carboxylic acids is 1. The van der Waals surface area contributed by atoms with Crippen molar-refractivity contribution in [1.29, 1.82) is 0 Å². The number of carbonyl (C=O) groups is 1. The minimum absolute atomic E-state index is 0.260. The normalized spacial score (nSPS) is 12.2. The molecule has 0 N–H and O–H groups in total. The molecule has 2 rings (SSSR count). The van der Waals surface area contributed by atoms with E-state index >= 15 is 0 Å². The third kappa shape index (κ3) is 2.61. The Hall–Kier alpha value is -1.62. The molecule has 0 aliphatic rings. The predicted octanol–water partition coefficient (Wildman–Crippen LogP) is 2.91. The molecule has 0 aliphatic carbocycles. The quantitative estimate of drug-likeness (QED) is 0.819. The molecular formula is C13H13BrN2O2. The lowest BCUT2D eigenvalue weighted by molar-refractivity contribution is -0.141. The molecule has 18 heavy (non-hydrogen) atoms. The maximum atomic E-state index is 11.4. The minimum Gasteiger partial charge on any atom is -0.469 e. The van der Waals surface area contributed by atoms with Gasteiger partial charge in [-0.05, 0) is 25.1 Å². The molecule has 1 aromatic heterocycles. The van der Waals surface area contributed by atoms with Crippen molar-refractivity contribution in [3.8, 4) is 5.69 Å². The zero-order chi connectivity index (χ0) is 13.1. The Morgan fingerprint density at radius 2 is 2.28 bits per heavy atom. The molecule has 1 unspecified atom stereocenters. The summed E-state index contributed by atoms with van der Waals surface area (Å²) in [7, 11) is 1.39. The van der Waals surface area contributed by atoms with E-state index in [1.807, 2.05) is 30.5 Å². The maximum Gasteiger partial charge on any atom is 0.312 e. The highest BCUT2D eigenvalue weighted by molar-refractivity contribution is 9.10. The van der Waals surface area contributed by atoms with Gasteiger partial charge in [0.05, 0.1) is 24.9 Å². The molecule has 1 heterocycles. The van der Waals surface area contributed by atoms with E-state index in [1.165, 1.54) is 7.11 Å². The molecule has 2 aromatic rings. The van der Waals surface area contributed by atoms with E-state index in [0.29, 0.717) is 0 Å². The maximum absolute atomic E-state index is 11.4. The highest BCUT2D eigenvalue weighted by Crippen LogP contribution is 2.19. The van der Waals surface area contributed by atoms with Crippen LogP contribution in [-0.4, -0.2) is 22.9 Å². The molecule has 0 fully saturated rings. The summed E-state index contributed by atoms with van der Waals surface area (Å²) in [6.45, 7) is 1.80. The van der Waals surface area contributed by atoms with Gasteiger partial charge >= 0.3 is 5.97 Å². The highest BCUT2D eigenvalue weighted by atomic mass is 79.9. The summed E-state index contributed by atoms with van der Waals surface area (Å²) in [6, 6.07) is 7.79. The third-order valence-electron chi connectivity index (χ3n) is 2.73. The second kappa shape index (κ2) is 5.35. The van der Waals surface area contributed by atoms with Crippen LogP contribution >= 0.6 is 15.9 Å². The van der Waals surface area contributed by atoms with E-state index in [0.717, 1.165) is 15.7 Å². The van der Waals surface area contributed by atoms with E-state index in [-0.39, 0.29) is 11.9 Å². The second-order valence-corrected chi connectivity index (χ2v) is 4.86. The molecular weight excluding hydrogens is 296 g/mol. The summed E-state index contributed by atoms with van der Waals surface area (Å²) in [5, 5.41) is 4.25. The fourth-order valence-electron chi connectivity index (χ4n) is 1.63. The lowest BCUT2D eigenvalue weighted by Gasteiger charge is -2.05. The molecule has 1 aromatic carbocycles. The van der Waals surface area contributed by atoms with Crippen molar-refractivity contribution in [2.75, 3.05) is 7.11 Å². The SMILES string of the molecule is COC(=O)C(C)c1cnn(-c2cccc(Br)c2)c1. The van der Waals surface area contributed by atoms with Gasteiger partial charge < -0.3 is 4.74 Å². The van der Waals surface area contributed by atoms with Crippen LogP contribution in [0.1, 0.15) is 18.4 Å². The van der Waals surface area contributed by atoms with Crippen LogP contribution in [0.4, 0.5) is 0 Å². The Bertz CT molecular complexity index is 566. The monoisotopic (exact) mass is 308 g/mol. The van der Waals surface area contributed by atoms with Gasteiger partial charge in [-0.1, -0.05) is 22.0 Å². The van der Waals surface area contributed by atoms with Crippen LogP contribution in [0.2, 0.25) is 0 Å². The number of ether oxygens (including phenoxy) is 1. The van der Waals surface area contributed by atoms with Gasteiger partial charge in [-0.15, -0.1) is 0 Å². The number of esters is 1. The Labute approximate surface area is 114 Å². The third-order valence-corrected chi connectivity index (χ3v) is 3.22. The molecule has 0 spiro atoms. The molecule has 0 amide bonds. The summed E-state index contributed by atoms with van der Waals surface area (Å²) < 4.78 is 7.44. The number of halogens is 1. The number of hydrogen-bond acceptors (Lipinski definition) is 3. The van der Waals surface area contributed by atoms with Crippen molar-refractivity contribution < 1.29 is 9.53 Å². The number of benzene rings is 1. The van der Waals surface area contributed by atoms with E-state index < -0.39 is 0 Å². The summed E-state index contributed by atoms with van der Waals surface area (Å²) in [6.07, 6.45) is 3.52. The summed E-state index contributed by atoms with van der Waals surface area (Å²) in [5.74, 6) is -0.570. The lowest BCUT2D eigenvalue weighted by atomic mass is 10.1. The molecule has 5 heteroatoms. The molecule has 0 bridgehead atoms. The first-order chi connectivity index (χ1) is 8.61. The zero-order valence-electron chi connectivity index (χ0n) is 10.1. The summed E-state index contributed by atoms with van der Waals surface area (Å²) in [4.78, 5) is 11.4. The average Bonchev–Trinajstić information content (AvgIpc) is 2.86. The van der Waals surface area contributed by atoms with Gasteiger partial charge in [-0.25, -0.2) is 4.68 Å². The molecule has 1 atom stereocenters. The van der Waals surface area contributed by atoms with Crippen molar-refractivity contribution >= 4 is 21.9 Å². The van der Waals surface area contributed by atoms with Gasteiger partial charge in [0.15, 0.2) is 0 Å². The molecule has 0 aliphatic heterocycles. The van der Waals surface area contributed by atoms with Crippen LogP contribution in [0.5, 0.6) is 0 Å². The van der Waals surface area contributed by atoms with Gasteiger partial charge in [-0.2, -0.15) is 5.10 Å². The van der Waals surface area contributed by atoms with E-state index in [4.69, 9.17) is 4.74 Å². The molecule has 0 saturated heterocycles. The standard InChI is InChI=1S/C13H13BrN2O2/c1-9(13(17)18-2)10-7-15-16(8-10)12-5-3-4-11(14)6-12/h3-9H,1-2H3. The number of nitrogens with zero attached hydrogens (tertiary/aromatic N) is 2. The number of rotatable bonds is 3. The van der Waals surface area contributed by atoms with Gasteiger partial charge in [0.2, 0.25) is 0 Å². The Morgan fingerprint density at radius 1 is 1.50 bits per heavy atom. The van der Waals surface area contributed by atoms with Crippen LogP contribution < -0.4 is 0 Å². The average molecular weight is 309 g/mol. The fraction of sp³-hybridized carbons (Fsp3) is 0.231. The van der Waals surface area contributed by atoms with Crippen LogP contribution in [0, 0.1) is 0 Å². The van der Waals surface area contributed by atoms with E-state index in [9.17, 15) is 4.79 Å². The van der Waals surface area contributed by atoms with Crippen molar-refractivity contribution in [3.05, 3.63) is 46.7 Å². The largest absolute Gasteiger partial charge is 0.469 e. The van der Waals surface area contributed by atoms with Crippen molar-refractivity contribution in [2.24, 2.45) is 0 Å². The predicted molar refractivity (Wildman–Crippen MR) is 71.7 cm³/mol. The molecule has 94 valence electrons. The first-order valence-corrected chi connectivity index (χ1v) is 6.29. The first-order valence-electron chi connectivity index (χ1n) is 5.50. The van der Waals surface area contributed by atoms with Gasteiger partial charge in [0, 0.05) is 16.2 Å². The van der Waals surface area contributed by atoms with Gasteiger partial charge in [0.25, 0.3) is 0 Å². The second-order valence-electron chi connectivity index (χ2n) is 3.94. The van der Waals surface area contributed by atoms with Crippen LogP contribution in [0.3, 0.4) is 0 Å².